The highest BCUT2D eigenvalue weighted by Crippen LogP contribution is 2.46. The number of aryl methyl sites for hydroxylation is 1. The molecule has 172 valence electrons. The molecule has 1 aliphatic carbocycles. The summed E-state index contributed by atoms with van der Waals surface area (Å²) < 4.78 is 40.0. The number of alkyl halides is 3. The maximum Gasteiger partial charge on any atom is 0.393 e. The number of fused-ring (bicyclic) bond motifs is 4. The summed E-state index contributed by atoms with van der Waals surface area (Å²) in [6, 6.07) is 3.55. The van der Waals surface area contributed by atoms with Gasteiger partial charge in [-0.05, 0) is 56.6 Å². The monoisotopic (exact) mass is 465 g/mol. The number of carbonyl (C=O) groups excluding carboxylic acids is 1. The van der Waals surface area contributed by atoms with Crippen LogP contribution in [0.25, 0.3) is 0 Å². The lowest BCUT2D eigenvalue weighted by Crippen LogP contribution is -2.49. The molecule has 0 radical (unpaired) electrons. The topological polar surface area (TPSA) is 61.4 Å². The number of hydrogen-bond donors (Lipinski definition) is 1. The van der Waals surface area contributed by atoms with Crippen LogP contribution in [0.3, 0.4) is 0 Å². The summed E-state index contributed by atoms with van der Waals surface area (Å²) in [5.41, 5.74) is 1.85. The largest absolute Gasteiger partial charge is 0.393 e. The first-order valence-corrected chi connectivity index (χ1v) is 12.0. The molecule has 2 aliphatic heterocycles. The highest BCUT2D eigenvalue weighted by atomic mass is 32.1. The van der Waals surface area contributed by atoms with E-state index in [0.29, 0.717) is 35.7 Å². The molecule has 0 spiro atoms. The third-order valence-electron chi connectivity index (χ3n) is 6.83. The molecule has 2 fully saturated rings. The first-order chi connectivity index (χ1) is 15.3. The predicted molar refractivity (Wildman–Crippen MR) is 119 cm³/mol. The van der Waals surface area contributed by atoms with E-state index in [4.69, 9.17) is 4.98 Å². The minimum atomic E-state index is -4.21. The average Bonchev–Trinajstić information content (AvgIpc) is 3.17. The summed E-state index contributed by atoms with van der Waals surface area (Å²) in [5.74, 6) is 0.0886. The van der Waals surface area contributed by atoms with Gasteiger partial charge in [-0.1, -0.05) is 12.5 Å². The highest BCUT2D eigenvalue weighted by molar-refractivity contribution is 7.13. The van der Waals surface area contributed by atoms with Gasteiger partial charge in [0.1, 0.15) is 11.6 Å². The van der Waals surface area contributed by atoms with Crippen LogP contribution in [0.5, 0.6) is 0 Å². The van der Waals surface area contributed by atoms with Crippen LogP contribution in [-0.2, 0) is 0 Å². The first-order valence-electron chi connectivity index (χ1n) is 11.1. The van der Waals surface area contributed by atoms with Gasteiger partial charge in [-0.2, -0.15) is 13.2 Å². The van der Waals surface area contributed by atoms with Gasteiger partial charge in [0.2, 0.25) is 0 Å². The standard InChI is InChI=1S/C22H26F3N5OS/c1-13-12-32-20(26-13)28-21(31)30-16-6-2-4-14(10-16)17-7-8-18(27-19(17)30)29-9-3-5-15(11-29)22(23,24)25/h7-8,12,14-16H,2-6,9-11H2,1H3,(H,26,28,31)/t14?,15?,16-/m0/s1. The number of nitrogens with one attached hydrogen (secondary N) is 1. The highest BCUT2D eigenvalue weighted by Gasteiger charge is 2.43. The maximum atomic E-state index is 13.3. The minimum Gasteiger partial charge on any atom is -0.356 e. The second-order valence-electron chi connectivity index (χ2n) is 9.02. The van der Waals surface area contributed by atoms with Crippen molar-refractivity contribution in [2.75, 3.05) is 28.2 Å². The van der Waals surface area contributed by atoms with E-state index < -0.39 is 12.1 Å². The summed E-state index contributed by atoms with van der Waals surface area (Å²) >= 11 is 1.37. The molecule has 4 heterocycles. The second-order valence-corrected chi connectivity index (χ2v) is 9.88. The van der Waals surface area contributed by atoms with Crippen LogP contribution >= 0.6 is 11.3 Å². The van der Waals surface area contributed by atoms with Crippen molar-refractivity contribution in [3.8, 4) is 0 Å². The van der Waals surface area contributed by atoms with E-state index in [9.17, 15) is 18.0 Å². The number of pyridine rings is 1. The van der Waals surface area contributed by atoms with Gasteiger partial charge in [-0.15, -0.1) is 11.3 Å². The van der Waals surface area contributed by atoms with E-state index in [1.807, 2.05) is 24.4 Å². The van der Waals surface area contributed by atoms with Crippen molar-refractivity contribution in [1.82, 2.24) is 9.97 Å². The fourth-order valence-electron chi connectivity index (χ4n) is 5.27. The lowest BCUT2D eigenvalue weighted by Gasteiger charge is -2.43. The lowest BCUT2D eigenvalue weighted by molar-refractivity contribution is -0.176. The number of anilines is 3. The molecule has 0 aromatic carbocycles. The number of piperidine rings is 1. The Kier molecular flexibility index (Phi) is 5.51. The number of carbonyl (C=O) groups is 1. The Hall–Kier alpha value is -2.36. The maximum absolute atomic E-state index is 13.3. The summed E-state index contributed by atoms with van der Waals surface area (Å²) in [6.07, 6.45) is 0.284. The van der Waals surface area contributed by atoms with E-state index in [-0.39, 0.29) is 25.0 Å². The molecule has 3 atom stereocenters. The molecule has 2 aromatic rings. The molecular weight excluding hydrogens is 439 g/mol. The number of urea groups is 1. The Morgan fingerprint density at radius 2 is 2.03 bits per heavy atom. The quantitative estimate of drug-likeness (QED) is 0.618. The summed E-state index contributed by atoms with van der Waals surface area (Å²) in [7, 11) is 0. The first kappa shape index (κ1) is 21.5. The zero-order valence-corrected chi connectivity index (χ0v) is 18.7. The summed E-state index contributed by atoms with van der Waals surface area (Å²) in [6.45, 7) is 2.32. The Morgan fingerprint density at radius 1 is 1.19 bits per heavy atom. The van der Waals surface area contributed by atoms with Gasteiger partial charge in [-0.3, -0.25) is 10.2 Å². The fourth-order valence-corrected chi connectivity index (χ4v) is 5.95. The molecule has 32 heavy (non-hydrogen) atoms. The van der Waals surface area contributed by atoms with Gasteiger partial charge in [0.05, 0.1) is 11.6 Å². The number of thiazole rings is 1. The van der Waals surface area contributed by atoms with Crippen molar-refractivity contribution in [2.45, 2.75) is 63.6 Å². The molecule has 2 unspecified atom stereocenters. The third-order valence-corrected chi connectivity index (χ3v) is 7.71. The van der Waals surface area contributed by atoms with Gasteiger partial charge in [0.15, 0.2) is 5.13 Å². The van der Waals surface area contributed by atoms with Crippen LogP contribution in [0.2, 0.25) is 0 Å². The number of aromatic nitrogens is 2. The van der Waals surface area contributed by atoms with Crippen LogP contribution in [0, 0.1) is 12.8 Å². The number of amides is 2. The molecule has 2 bridgehead atoms. The zero-order chi connectivity index (χ0) is 22.5. The Labute approximate surface area is 188 Å². The van der Waals surface area contributed by atoms with Crippen molar-refractivity contribution >= 4 is 34.1 Å². The molecule has 1 saturated carbocycles. The fraction of sp³-hybridized carbons (Fsp3) is 0.591. The Morgan fingerprint density at radius 3 is 2.78 bits per heavy atom. The molecule has 2 amide bonds. The van der Waals surface area contributed by atoms with E-state index in [0.717, 1.165) is 36.9 Å². The molecule has 3 aliphatic rings. The third kappa shape index (κ3) is 4.04. The predicted octanol–water partition coefficient (Wildman–Crippen LogP) is 5.70. The van der Waals surface area contributed by atoms with Crippen LogP contribution < -0.4 is 15.1 Å². The molecule has 1 N–H and O–H groups in total. The van der Waals surface area contributed by atoms with Gasteiger partial charge < -0.3 is 4.90 Å². The van der Waals surface area contributed by atoms with Gasteiger partial charge in [0, 0.05) is 24.5 Å². The second kappa shape index (κ2) is 8.20. The molecule has 10 heteroatoms. The van der Waals surface area contributed by atoms with E-state index in [1.165, 1.54) is 11.3 Å². The number of hydrogen-bond acceptors (Lipinski definition) is 5. The van der Waals surface area contributed by atoms with Crippen LogP contribution in [0.15, 0.2) is 17.5 Å². The number of halogens is 3. The van der Waals surface area contributed by atoms with Crippen molar-refractivity contribution in [1.29, 1.82) is 0 Å². The van der Waals surface area contributed by atoms with Gasteiger partial charge in [-0.25, -0.2) is 14.8 Å². The van der Waals surface area contributed by atoms with Crippen LogP contribution in [-0.4, -0.2) is 41.3 Å². The Bertz CT molecular complexity index is 1010. The normalized spacial score (nSPS) is 25.4. The lowest BCUT2D eigenvalue weighted by atomic mass is 9.77. The van der Waals surface area contributed by atoms with E-state index in [2.05, 4.69) is 10.3 Å². The molecule has 1 saturated heterocycles. The molecule has 6 nitrogen and oxygen atoms in total. The summed E-state index contributed by atoms with van der Waals surface area (Å²) in [4.78, 5) is 25.8. The van der Waals surface area contributed by atoms with Crippen LogP contribution in [0.4, 0.5) is 34.7 Å². The Balaban J connectivity index is 1.46. The van der Waals surface area contributed by atoms with Crippen LogP contribution in [0.1, 0.15) is 55.7 Å². The van der Waals surface area contributed by atoms with Crippen molar-refractivity contribution in [2.24, 2.45) is 5.92 Å². The van der Waals surface area contributed by atoms with Crippen molar-refractivity contribution < 1.29 is 18.0 Å². The van der Waals surface area contributed by atoms with Crippen molar-refractivity contribution in [3.63, 3.8) is 0 Å². The average molecular weight is 466 g/mol. The molecule has 2 aromatic heterocycles. The van der Waals surface area contributed by atoms with Gasteiger partial charge in [0.25, 0.3) is 0 Å². The SMILES string of the molecule is Cc1csc(NC(=O)N2c3nc(N4CCCC(C(F)(F)F)C4)ccc3C3CCC[C@H]2C3)n1. The number of rotatable bonds is 2. The molecular formula is C22H26F3N5OS. The van der Waals surface area contributed by atoms with E-state index in [1.54, 1.807) is 9.80 Å². The zero-order valence-electron chi connectivity index (χ0n) is 17.9. The molecule has 5 rings (SSSR count). The van der Waals surface area contributed by atoms with E-state index >= 15 is 0 Å². The van der Waals surface area contributed by atoms with Crippen molar-refractivity contribution in [3.05, 3.63) is 28.8 Å². The number of nitrogens with zero attached hydrogens (tertiary/aromatic N) is 4. The minimum absolute atomic E-state index is 0.0364. The summed E-state index contributed by atoms with van der Waals surface area (Å²) in [5, 5.41) is 5.30. The van der Waals surface area contributed by atoms with Gasteiger partial charge >= 0.3 is 12.2 Å². The smallest absolute Gasteiger partial charge is 0.356 e.